The molecule has 2 aliphatic rings. The quantitative estimate of drug-likeness (QED) is 0.264. The fourth-order valence-electron chi connectivity index (χ4n) is 4.03. The molecule has 0 aromatic heterocycles. The first-order valence-electron chi connectivity index (χ1n) is 12.1. The van der Waals surface area contributed by atoms with E-state index in [2.05, 4.69) is 30.0 Å². The van der Waals surface area contributed by atoms with E-state index in [1.165, 1.54) is 27.9 Å². The van der Waals surface area contributed by atoms with Gasteiger partial charge >= 0.3 is 0 Å². The zero-order chi connectivity index (χ0) is 26.6. The van der Waals surface area contributed by atoms with Crippen LogP contribution < -0.4 is 9.47 Å². The average Bonchev–Trinajstić information content (AvgIpc) is 3.33. The molecule has 0 unspecified atom stereocenters. The van der Waals surface area contributed by atoms with Crippen molar-refractivity contribution in [1.29, 1.82) is 5.41 Å². The summed E-state index contributed by atoms with van der Waals surface area (Å²) in [5.74, 6) is 0.933. The zero-order valence-electron chi connectivity index (χ0n) is 20.9. The molecule has 1 amide bonds. The number of aryl methyl sites for hydroxylation is 2. The number of thioether (sulfide) groups is 1. The molecule has 2 heterocycles. The first kappa shape index (κ1) is 25.8. The van der Waals surface area contributed by atoms with Gasteiger partial charge in [-0.25, -0.2) is 0 Å². The Labute approximate surface area is 230 Å². The van der Waals surface area contributed by atoms with Crippen LogP contribution in [0.25, 0.3) is 6.08 Å². The van der Waals surface area contributed by atoms with Gasteiger partial charge in [-0.05, 0) is 78.2 Å². The number of benzene rings is 3. The number of ether oxygens (including phenoxy) is 2. The molecular formula is C29H25ClN4O3S. The molecule has 5 rings (SSSR count). The second-order valence-electron chi connectivity index (χ2n) is 8.68. The van der Waals surface area contributed by atoms with E-state index >= 15 is 0 Å². The number of halogens is 1. The van der Waals surface area contributed by atoms with Gasteiger partial charge in [-0.3, -0.25) is 10.2 Å². The minimum absolute atomic E-state index is 0.0427. The van der Waals surface area contributed by atoms with Gasteiger partial charge in [0, 0.05) is 5.56 Å². The number of carbonyl (C=O) groups is 1. The average molecular weight is 545 g/mol. The minimum atomic E-state index is -0.492. The maximum Gasteiger partial charge on any atom is 0.283 e. The van der Waals surface area contributed by atoms with Crippen LogP contribution in [0.2, 0.25) is 5.02 Å². The molecule has 0 fully saturated rings. The van der Waals surface area contributed by atoms with Crippen LogP contribution in [-0.2, 0) is 11.2 Å². The van der Waals surface area contributed by atoms with Gasteiger partial charge in [0.2, 0.25) is 5.17 Å². The predicted octanol–water partition coefficient (Wildman–Crippen LogP) is 6.34. The van der Waals surface area contributed by atoms with Crippen LogP contribution in [0.4, 0.5) is 0 Å². The summed E-state index contributed by atoms with van der Waals surface area (Å²) in [6.45, 7) is 4.93. The van der Waals surface area contributed by atoms with Gasteiger partial charge in [-0.15, -0.1) is 0 Å². The Morgan fingerprint density at radius 3 is 2.61 bits per heavy atom. The second-order valence-corrected chi connectivity index (χ2v) is 10.0. The molecule has 3 aromatic carbocycles. The summed E-state index contributed by atoms with van der Waals surface area (Å²) in [5, 5.41) is 16.0. The van der Waals surface area contributed by atoms with Crippen molar-refractivity contribution in [3.8, 4) is 11.5 Å². The monoisotopic (exact) mass is 544 g/mol. The predicted molar refractivity (Wildman–Crippen MR) is 154 cm³/mol. The summed E-state index contributed by atoms with van der Waals surface area (Å²) in [6.07, 6.45) is 2.58. The van der Waals surface area contributed by atoms with Gasteiger partial charge in [0.15, 0.2) is 5.84 Å². The Bertz CT molecular complexity index is 1520. The Balaban J connectivity index is 1.26. The molecular weight excluding hydrogens is 520 g/mol. The van der Waals surface area contributed by atoms with Gasteiger partial charge in [-0.2, -0.15) is 15.1 Å². The molecule has 0 saturated carbocycles. The number of nitrogens with zero attached hydrogens (tertiary/aromatic N) is 3. The van der Waals surface area contributed by atoms with E-state index in [1.807, 2.05) is 54.6 Å². The highest BCUT2D eigenvalue weighted by molar-refractivity contribution is 8.27. The van der Waals surface area contributed by atoms with E-state index < -0.39 is 5.91 Å². The molecule has 1 N–H and O–H groups in total. The fraction of sp³-hybridized carbons (Fsp3) is 0.172. The van der Waals surface area contributed by atoms with E-state index in [0.717, 1.165) is 17.7 Å². The summed E-state index contributed by atoms with van der Waals surface area (Å²) in [5.41, 5.74) is 3.98. The number of rotatable bonds is 8. The third-order valence-electron chi connectivity index (χ3n) is 5.87. The van der Waals surface area contributed by atoms with Gasteiger partial charge in [0.25, 0.3) is 5.91 Å². The maximum atomic E-state index is 12.8. The number of hydrazone groups is 1. The van der Waals surface area contributed by atoms with Crippen LogP contribution >= 0.6 is 23.4 Å². The fourth-order valence-corrected chi connectivity index (χ4v) is 5.24. The minimum Gasteiger partial charge on any atom is -0.490 e. The number of carbonyl (C=O) groups excluding carboxylic acids is 1. The maximum absolute atomic E-state index is 12.8. The van der Waals surface area contributed by atoms with Crippen molar-refractivity contribution in [2.45, 2.75) is 20.3 Å². The van der Waals surface area contributed by atoms with E-state index in [1.54, 1.807) is 12.1 Å². The van der Waals surface area contributed by atoms with E-state index in [0.29, 0.717) is 39.8 Å². The SMILES string of the molecule is CCc1cc(C)cc(OCCOc2cccc(/C=C3/C(=N)N4N=C(c5ccccc5Cl)SC4=NC3=O)c2)c1. The van der Waals surface area contributed by atoms with Crippen molar-refractivity contribution in [1.82, 2.24) is 5.01 Å². The topological polar surface area (TPSA) is 87.3 Å². The molecule has 0 bridgehead atoms. The van der Waals surface area contributed by atoms with E-state index in [4.69, 9.17) is 26.5 Å². The van der Waals surface area contributed by atoms with Crippen LogP contribution in [0, 0.1) is 12.3 Å². The lowest BCUT2D eigenvalue weighted by atomic mass is 10.1. The summed E-state index contributed by atoms with van der Waals surface area (Å²) < 4.78 is 11.7. The molecule has 0 saturated heterocycles. The molecule has 2 aliphatic heterocycles. The Morgan fingerprint density at radius 2 is 1.82 bits per heavy atom. The van der Waals surface area contributed by atoms with Crippen molar-refractivity contribution >= 4 is 51.4 Å². The van der Waals surface area contributed by atoms with Gasteiger partial charge in [-0.1, -0.05) is 54.9 Å². The van der Waals surface area contributed by atoms with Crippen molar-refractivity contribution in [2.75, 3.05) is 13.2 Å². The van der Waals surface area contributed by atoms with Crippen molar-refractivity contribution in [2.24, 2.45) is 10.1 Å². The van der Waals surface area contributed by atoms with Crippen LogP contribution in [-0.4, -0.2) is 40.2 Å². The number of fused-ring (bicyclic) bond motifs is 1. The lowest BCUT2D eigenvalue weighted by molar-refractivity contribution is -0.114. The number of amidine groups is 2. The standard InChI is InChI=1S/C29H25ClN4O3S/c1-3-19-13-18(2)14-22(15-19)37-12-11-36-21-8-6-7-20(16-21)17-24-26(31)34-29(32-27(24)35)38-28(33-34)23-9-4-5-10-25(23)30/h4-10,13-17,31H,3,11-12H2,1-2H3/b24-17-,31-26?. The number of amides is 1. The van der Waals surface area contributed by atoms with Gasteiger partial charge in [0.1, 0.15) is 29.8 Å². The summed E-state index contributed by atoms with van der Waals surface area (Å²) in [6, 6.07) is 20.8. The van der Waals surface area contributed by atoms with Gasteiger partial charge in [0.05, 0.1) is 10.6 Å². The Kier molecular flexibility index (Phi) is 7.62. The molecule has 0 spiro atoms. The van der Waals surface area contributed by atoms with Crippen LogP contribution in [0.15, 0.2) is 82.4 Å². The highest BCUT2D eigenvalue weighted by atomic mass is 35.5. The van der Waals surface area contributed by atoms with Crippen LogP contribution in [0.3, 0.4) is 0 Å². The largest absolute Gasteiger partial charge is 0.490 e. The van der Waals surface area contributed by atoms with Crippen molar-refractivity contribution in [3.05, 3.63) is 99.6 Å². The zero-order valence-corrected chi connectivity index (χ0v) is 22.5. The molecule has 0 aliphatic carbocycles. The van der Waals surface area contributed by atoms with Gasteiger partial charge < -0.3 is 9.47 Å². The lowest BCUT2D eigenvalue weighted by Gasteiger charge is -2.20. The number of hydrogen-bond donors (Lipinski definition) is 1. The third kappa shape index (κ3) is 5.66. The number of nitrogens with one attached hydrogen (secondary N) is 1. The Morgan fingerprint density at radius 1 is 1.03 bits per heavy atom. The molecule has 9 heteroatoms. The smallest absolute Gasteiger partial charge is 0.283 e. The Hall–Kier alpha value is -3.88. The number of aliphatic imine (C=N–C) groups is 1. The molecule has 38 heavy (non-hydrogen) atoms. The highest BCUT2D eigenvalue weighted by Crippen LogP contribution is 2.33. The summed E-state index contributed by atoms with van der Waals surface area (Å²) in [7, 11) is 0. The van der Waals surface area contributed by atoms with Crippen LogP contribution in [0.5, 0.6) is 11.5 Å². The van der Waals surface area contributed by atoms with E-state index in [-0.39, 0.29) is 11.4 Å². The number of hydrogen-bond acceptors (Lipinski definition) is 6. The lowest BCUT2D eigenvalue weighted by Crippen LogP contribution is -2.35. The molecule has 7 nitrogen and oxygen atoms in total. The van der Waals surface area contributed by atoms with Crippen molar-refractivity contribution in [3.63, 3.8) is 0 Å². The first-order valence-corrected chi connectivity index (χ1v) is 13.3. The van der Waals surface area contributed by atoms with E-state index in [9.17, 15) is 4.79 Å². The molecule has 192 valence electrons. The summed E-state index contributed by atoms with van der Waals surface area (Å²) in [4.78, 5) is 17.0. The second kappa shape index (κ2) is 11.2. The molecule has 0 atom stereocenters. The first-order chi connectivity index (χ1) is 18.4. The molecule has 0 radical (unpaired) electrons. The normalized spacial score (nSPS) is 15.9. The molecule has 3 aromatic rings. The third-order valence-corrected chi connectivity index (χ3v) is 7.14. The van der Waals surface area contributed by atoms with Crippen LogP contribution in [0.1, 0.15) is 29.2 Å². The van der Waals surface area contributed by atoms with Crippen molar-refractivity contribution < 1.29 is 14.3 Å². The summed E-state index contributed by atoms with van der Waals surface area (Å²) >= 11 is 7.52. The highest BCUT2D eigenvalue weighted by Gasteiger charge is 2.36.